The second-order valence-electron chi connectivity index (χ2n) is 6.10. The second-order valence-corrected chi connectivity index (χ2v) is 6.87. The van der Waals surface area contributed by atoms with Gasteiger partial charge in [-0.05, 0) is 42.6 Å². The van der Waals surface area contributed by atoms with Gasteiger partial charge in [0.1, 0.15) is 16.3 Å². The zero-order valence-electron chi connectivity index (χ0n) is 14.9. The summed E-state index contributed by atoms with van der Waals surface area (Å²) in [5.74, 6) is 0.608. The van der Waals surface area contributed by atoms with E-state index in [2.05, 4.69) is 9.69 Å². The molecule has 1 aromatic heterocycles. The summed E-state index contributed by atoms with van der Waals surface area (Å²) in [4.78, 5) is 26.2. The summed E-state index contributed by atoms with van der Waals surface area (Å²) in [5.41, 5.74) is 2.05. The van der Waals surface area contributed by atoms with E-state index in [-0.39, 0.29) is 11.9 Å². The normalized spacial score (nSPS) is 16.4. The third-order valence-corrected chi connectivity index (χ3v) is 5.39. The van der Waals surface area contributed by atoms with Gasteiger partial charge in [-0.1, -0.05) is 12.1 Å². The van der Waals surface area contributed by atoms with E-state index in [1.54, 1.807) is 18.9 Å². The van der Waals surface area contributed by atoms with Crippen molar-refractivity contribution in [3.8, 4) is 5.75 Å². The van der Waals surface area contributed by atoms with Crippen molar-refractivity contribution in [2.45, 2.75) is 19.3 Å². The molecule has 26 heavy (non-hydrogen) atoms. The van der Waals surface area contributed by atoms with Crippen LogP contribution in [0.1, 0.15) is 34.0 Å². The van der Waals surface area contributed by atoms with E-state index in [1.165, 1.54) is 12.7 Å². The van der Waals surface area contributed by atoms with Gasteiger partial charge in [0.15, 0.2) is 0 Å². The number of amides is 2. The van der Waals surface area contributed by atoms with Crippen LogP contribution in [0.15, 0.2) is 24.3 Å². The molecule has 1 N–H and O–H groups in total. The number of carbonyl (C=O) groups is 2. The summed E-state index contributed by atoms with van der Waals surface area (Å²) >= 11 is 1.08. The van der Waals surface area contributed by atoms with Crippen LogP contribution in [0.5, 0.6) is 5.75 Å². The van der Waals surface area contributed by atoms with Gasteiger partial charge in [-0.2, -0.15) is 4.37 Å². The number of esters is 1. The molecule has 2 aromatic rings. The van der Waals surface area contributed by atoms with Crippen molar-refractivity contribution in [2.24, 2.45) is 0 Å². The molecule has 0 aliphatic carbocycles. The third kappa shape index (κ3) is 3.65. The number of ether oxygens (including phenoxy) is 2. The largest absolute Gasteiger partial charge is 0.497 e. The molecule has 0 bridgehead atoms. The number of likely N-dealkylation sites (tertiary alicyclic amines) is 1. The summed E-state index contributed by atoms with van der Waals surface area (Å²) in [6.07, 6.45) is 0.894. The molecule has 3 rings (SSSR count). The Morgan fingerprint density at radius 3 is 2.65 bits per heavy atom. The number of carbonyl (C=O) groups excluding carboxylic acids is 2. The predicted molar refractivity (Wildman–Crippen MR) is 99.1 cm³/mol. The highest BCUT2D eigenvalue weighted by atomic mass is 32.1. The van der Waals surface area contributed by atoms with Gasteiger partial charge < -0.3 is 14.4 Å². The molecule has 1 aliphatic heterocycles. The molecule has 1 atom stereocenters. The minimum Gasteiger partial charge on any atom is -0.497 e. The maximum Gasteiger partial charge on any atom is 0.342 e. The minimum atomic E-state index is -0.496. The van der Waals surface area contributed by atoms with E-state index < -0.39 is 5.97 Å². The zero-order chi connectivity index (χ0) is 18.7. The Morgan fingerprint density at radius 1 is 1.27 bits per heavy atom. The lowest BCUT2D eigenvalue weighted by Crippen LogP contribution is -2.33. The fraction of sp³-hybridized carbons (Fsp3) is 0.389. The molecular weight excluding hydrogens is 354 g/mol. The SMILES string of the molecule is COC(=O)c1c(C)nsc1NC(=O)N1CC[C@H](c2ccc(OC)cc2)C1. The molecule has 1 saturated heterocycles. The van der Waals surface area contributed by atoms with Crippen LogP contribution in [0, 0.1) is 6.92 Å². The summed E-state index contributed by atoms with van der Waals surface area (Å²) in [7, 11) is 2.95. The fourth-order valence-electron chi connectivity index (χ4n) is 3.07. The van der Waals surface area contributed by atoms with Crippen molar-refractivity contribution in [2.75, 3.05) is 32.6 Å². The average molecular weight is 375 g/mol. The third-order valence-electron chi connectivity index (χ3n) is 4.54. The standard InChI is InChI=1S/C18H21N3O4S/c1-11-15(17(22)25-3)16(26-20-11)19-18(23)21-9-8-13(10-21)12-4-6-14(24-2)7-5-12/h4-7,13H,8-10H2,1-3H3,(H,19,23)/t13-/m0/s1. The summed E-state index contributed by atoms with van der Waals surface area (Å²) in [6, 6.07) is 7.70. The molecule has 0 unspecified atom stereocenters. The topological polar surface area (TPSA) is 80.8 Å². The molecule has 138 valence electrons. The predicted octanol–water partition coefficient (Wildman–Crippen LogP) is 3.27. The molecule has 0 saturated carbocycles. The van der Waals surface area contributed by atoms with Gasteiger partial charge in [-0.25, -0.2) is 9.59 Å². The number of nitrogens with one attached hydrogen (secondary N) is 1. The maximum absolute atomic E-state index is 12.6. The first-order valence-corrected chi connectivity index (χ1v) is 9.05. The number of benzene rings is 1. The summed E-state index contributed by atoms with van der Waals surface area (Å²) in [6.45, 7) is 3.01. The second kappa shape index (κ2) is 7.74. The van der Waals surface area contributed by atoms with E-state index in [0.29, 0.717) is 29.3 Å². The molecule has 2 amide bonds. The van der Waals surface area contributed by atoms with Gasteiger partial charge in [-0.3, -0.25) is 5.32 Å². The molecule has 2 heterocycles. The Morgan fingerprint density at radius 2 is 2.00 bits per heavy atom. The number of methoxy groups -OCH3 is 2. The van der Waals surface area contributed by atoms with Crippen LogP contribution >= 0.6 is 11.5 Å². The molecule has 1 aliphatic rings. The monoisotopic (exact) mass is 375 g/mol. The Bertz CT molecular complexity index is 803. The molecule has 1 fully saturated rings. The molecular formula is C18H21N3O4S. The number of rotatable bonds is 4. The number of hydrogen-bond acceptors (Lipinski definition) is 6. The zero-order valence-corrected chi connectivity index (χ0v) is 15.8. The maximum atomic E-state index is 12.6. The van der Waals surface area contributed by atoms with Crippen molar-refractivity contribution in [3.05, 3.63) is 41.1 Å². The quantitative estimate of drug-likeness (QED) is 0.830. The number of aromatic nitrogens is 1. The van der Waals surface area contributed by atoms with Crippen molar-refractivity contribution in [1.29, 1.82) is 0 Å². The van der Waals surface area contributed by atoms with Gasteiger partial charge in [0.25, 0.3) is 0 Å². The summed E-state index contributed by atoms with van der Waals surface area (Å²) in [5, 5.41) is 3.22. The van der Waals surface area contributed by atoms with Crippen LogP contribution in [-0.4, -0.2) is 48.6 Å². The number of anilines is 1. The van der Waals surface area contributed by atoms with Crippen molar-refractivity contribution in [1.82, 2.24) is 9.27 Å². The highest BCUT2D eigenvalue weighted by Crippen LogP contribution is 2.30. The molecule has 8 heteroatoms. The van der Waals surface area contributed by atoms with Crippen LogP contribution in [0.25, 0.3) is 0 Å². The fourth-order valence-corrected chi connectivity index (χ4v) is 3.84. The number of hydrogen-bond donors (Lipinski definition) is 1. The molecule has 0 radical (unpaired) electrons. The highest BCUT2D eigenvalue weighted by Gasteiger charge is 2.29. The van der Waals surface area contributed by atoms with Crippen molar-refractivity contribution < 1.29 is 19.1 Å². The lowest BCUT2D eigenvalue weighted by Gasteiger charge is -2.17. The first-order chi connectivity index (χ1) is 12.5. The van der Waals surface area contributed by atoms with Gasteiger partial charge in [0.2, 0.25) is 0 Å². The molecule has 1 aromatic carbocycles. The lowest BCUT2D eigenvalue weighted by atomic mass is 9.98. The molecule has 0 spiro atoms. The minimum absolute atomic E-state index is 0.227. The Labute approximate surface area is 156 Å². The summed E-state index contributed by atoms with van der Waals surface area (Å²) < 4.78 is 14.1. The Kier molecular flexibility index (Phi) is 5.41. The van der Waals surface area contributed by atoms with Gasteiger partial charge in [-0.15, -0.1) is 0 Å². The number of aryl methyl sites for hydroxylation is 1. The van der Waals surface area contributed by atoms with E-state index in [4.69, 9.17) is 9.47 Å². The number of nitrogens with zero attached hydrogens (tertiary/aromatic N) is 2. The van der Waals surface area contributed by atoms with Crippen molar-refractivity contribution in [3.63, 3.8) is 0 Å². The first-order valence-electron chi connectivity index (χ1n) is 8.28. The van der Waals surface area contributed by atoms with E-state index in [9.17, 15) is 9.59 Å². The van der Waals surface area contributed by atoms with E-state index >= 15 is 0 Å². The lowest BCUT2D eigenvalue weighted by molar-refractivity contribution is 0.0601. The first kappa shape index (κ1) is 18.2. The molecule has 7 nitrogen and oxygen atoms in total. The van der Waals surface area contributed by atoms with Crippen LogP contribution in [0.3, 0.4) is 0 Å². The van der Waals surface area contributed by atoms with E-state index in [0.717, 1.165) is 23.7 Å². The highest BCUT2D eigenvalue weighted by molar-refractivity contribution is 7.11. The van der Waals surface area contributed by atoms with Crippen LogP contribution < -0.4 is 10.1 Å². The van der Waals surface area contributed by atoms with Gasteiger partial charge >= 0.3 is 12.0 Å². The number of urea groups is 1. The van der Waals surface area contributed by atoms with Gasteiger partial charge in [0, 0.05) is 19.0 Å². The van der Waals surface area contributed by atoms with E-state index in [1.807, 2.05) is 24.3 Å². The Hall–Kier alpha value is -2.61. The van der Waals surface area contributed by atoms with Crippen LogP contribution in [-0.2, 0) is 4.74 Å². The van der Waals surface area contributed by atoms with Crippen molar-refractivity contribution >= 4 is 28.5 Å². The Balaban J connectivity index is 1.66. The van der Waals surface area contributed by atoms with Crippen LogP contribution in [0.2, 0.25) is 0 Å². The van der Waals surface area contributed by atoms with Gasteiger partial charge in [0.05, 0.1) is 19.9 Å². The average Bonchev–Trinajstić information content (AvgIpc) is 3.28. The van der Waals surface area contributed by atoms with Crippen LogP contribution in [0.4, 0.5) is 9.80 Å². The smallest absolute Gasteiger partial charge is 0.342 e.